The van der Waals surface area contributed by atoms with Gasteiger partial charge in [-0.15, -0.1) is 11.3 Å². The van der Waals surface area contributed by atoms with E-state index >= 15 is 0 Å². The molecule has 0 fully saturated rings. The number of nitrogen functional groups attached to an aromatic ring is 1. The van der Waals surface area contributed by atoms with Gasteiger partial charge in [-0.05, 0) is 6.42 Å². The van der Waals surface area contributed by atoms with Gasteiger partial charge in [-0.25, -0.2) is 9.97 Å². The van der Waals surface area contributed by atoms with Crippen LogP contribution < -0.4 is 5.73 Å². The fraction of sp³-hybridized carbons (Fsp3) is 0.417. The van der Waals surface area contributed by atoms with Gasteiger partial charge in [0.05, 0.1) is 10.9 Å². The molecule has 5 heteroatoms. The summed E-state index contributed by atoms with van der Waals surface area (Å²) in [7, 11) is 0. The Balaban J connectivity index is 2.70. The third kappa shape index (κ3) is 1.85. The molecule has 88 valence electrons. The highest BCUT2D eigenvalue weighted by atomic mass is 32.1. The number of fused-ring (bicyclic) bond motifs is 1. The lowest BCUT2D eigenvalue weighted by molar-refractivity contribution is 0.476. The maximum absolute atomic E-state index is 8.97. The normalized spacial score (nSPS) is 11.6. The minimum absolute atomic E-state index is 0.0981. The molecule has 2 heterocycles. The Kier molecular flexibility index (Phi) is 2.76. The number of thiophene rings is 1. The molecule has 0 aromatic carbocycles. The summed E-state index contributed by atoms with van der Waals surface area (Å²) in [5, 5.41) is 11.4. The van der Waals surface area contributed by atoms with Crippen molar-refractivity contribution >= 4 is 27.4 Å². The lowest BCUT2D eigenvalue weighted by atomic mass is 9.89. The molecule has 0 bridgehead atoms. The first-order valence-corrected chi connectivity index (χ1v) is 6.33. The highest BCUT2D eigenvalue weighted by molar-refractivity contribution is 7.17. The predicted octanol–water partition coefficient (Wildman–Crippen LogP) is 2.83. The third-order valence-electron chi connectivity index (χ3n) is 3.07. The van der Waals surface area contributed by atoms with Crippen LogP contribution >= 0.6 is 11.3 Å². The van der Waals surface area contributed by atoms with E-state index in [1.54, 1.807) is 5.38 Å². The van der Waals surface area contributed by atoms with Gasteiger partial charge in [0.25, 0.3) is 0 Å². The van der Waals surface area contributed by atoms with Crippen molar-refractivity contribution in [2.45, 2.75) is 32.6 Å². The Morgan fingerprint density at radius 1 is 1.47 bits per heavy atom. The molecule has 0 aliphatic heterocycles. The van der Waals surface area contributed by atoms with Crippen molar-refractivity contribution in [3.05, 3.63) is 16.8 Å². The predicted molar refractivity (Wildman–Crippen MR) is 69.9 cm³/mol. The fourth-order valence-electron chi connectivity index (χ4n) is 1.51. The monoisotopic (exact) mass is 246 g/mol. The lowest BCUT2D eigenvalue weighted by Crippen LogP contribution is -2.20. The quantitative estimate of drug-likeness (QED) is 0.884. The number of anilines is 1. The Bertz CT molecular complexity index is 607. The molecule has 2 aromatic rings. The van der Waals surface area contributed by atoms with E-state index in [0.29, 0.717) is 16.8 Å². The second-order valence-electron chi connectivity index (χ2n) is 4.61. The van der Waals surface area contributed by atoms with Crippen molar-refractivity contribution in [2.24, 2.45) is 0 Å². The van der Waals surface area contributed by atoms with Crippen LogP contribution in [0.3, 0.4) is 0 Å². The van der Waals surface area contributed by atoms with E-state index in [2.05, 4.69) is 36.8 Å². The average molecular weight is 246 g/mol. The Morgan fingerprint density at radius 2 is 2.18 bits per heavy atom. The summed E-state index contributed by atoms with van der Waals surface area (Å²) in [6.45, 7) is 6.28. The van der Waals surface area contributed by atoms with E-state index in [0.717, 1.165) is 17.1 Å². The number of hydrogen-bond donors (Lipinski definition) is 1. The summed E-state index contributed by atoms with van der Waals surface area (Å²) >= 11 is 1.44. The summed E-state index contributed by atoms with van der Waals surface area (Å²) in [5.41, 5.74) is 6.39. The van der Waals surface area contributed by atoms with Gasteiger partial charge in [-0.2, -0.15) is 5.26 Å². The summed E-state index contributed by atoms with van der Waals surface area (Å²) < 4.78 is 0. The van der Waals surface area contributed by atoms with Crippen LogP contribution in [0.25, 0.3) is 10.2 Å². The number of nitrogens with zero attached hydrogens (tertiary/aromatic N) is 3. The van der Waals surface area contributed by atoms with Gasteiger partial charge in [-0.3, -0.25) is 0 Å². The first kappa shape index (κ1) is 11.8. The summed E-state index contributed by atoms with van der Waals surface area (Å²) in [4.78, 5) is 9.67. The van der Waals surface area contributed by atoms with Gasteiger partial charge in [0.15, 0.2) is 0 Å². The summed E-state index contributed by atoms with van der Waals surface area (Å²) in [5.74, 6) is 1.15. The Morgan fingerprint density at radius 3 is 2.76 bits per heavy atom. The van der Waals surface area contributed by atoms with Crippen LogP contribution in [-0.2, 0) is 5.41 Å². The highest BCUT2D eigenvalue weighted by Gasteiger charge is 2.24. The first-order valence-electron chi connectivity index (χ1n) is 5.45. The van der Waals surface area contributed by atoms with E-state index in [4.69, 9.17) is 11.0 Å². The fourth-order valence-corrected chi connectivity index (χ4v) is 2.38. The Hall–Kier alpha value is -1.67. The zero-order valence-electron chi connectivity index (χ0n) is 10.1. The Labute approximate surface area is 104 Å². The molecule has 0 saturated heterocycles. The summed E-state index contributed by atoms with van der Waals surface area (Å²) in [6, 6.07) is 2.11. The second kappa shape index (κ2) is 3.97. The third-order valence-corrected chi connectivity index (χ3v) is 3.94. The molecular weight excluding hydrogens is 232 g/mol. The van der Waals surface area contributed by atoms with Crippen LogP contribution in [0.4, 0.5) is 5.82 Å². The van der Waals surface area contributed by atoms with Gasteiger partial charge in [-0.1, -0.05) is 20.8 Å². The first-order chi connectivity index (χ1) is 7.99. The van der Waals surface area contributed by atoms with E-state index in [-0.39, 0.29) is 5.41 Å². The molecule has 0 radical (unpaired) electrons. The largest absolute Gasteiger partial charge is 0.383 e. The van der Waals surface area contributed by atoms with Gasteiger partial charge in [0.2, 0.25) is 0 Å². The zero-order valence-corrected chi connectivity index (χ0v) is 10.9. The molecule has 0 aliphatic carbocycles. The van der Waals surface area contributed by atoms with E-state index in [9.17, 15) is 0 Å². The average Bonchev–Trinajstić information content (AvgIpc) is 2.72. The van der Waals surface area contributed by atoms with Crippen LogP contribution in [0, 0.1) is 11.3 Å². The SMILES string of the molecule is CCC(C)(C)c1nc(N)c2c(C#N)csc2n1. The highest BCUT2D eigenvalue weighted by Crippen LogP contribution is 2.31. The van der Waals surface area contributed by atoms with Crippen LogP contribution in [0.2, 0.25) is 0 Å². The van der Waals surface area contributed by atoms with Crippen molar-refractivity contribution in [3.8, 4) is 6.07 Å². The minimum atomic E-state index is -0.0981. The van der Waals surface area contributed by atoms with Crippen molar-refractivity contribution in [2.75, 3.05) is 5.73 Å². The van der Waals surface area contributed by atoms with E-state index in [1.807, 2.05) is 0 Å². The van der Waals surface area contributed by atoms with E-state index < -0.39 is 0 Å². The molecule has 0 amide bonds. The van der Waals surface area contributed by atoms with Crippen LogP contribution in [0.1, 0.15) is 38.6 Å². The smallest absolute Gasteiger partial charge is 0.138 e. The molecule has 0 aliphatic rings. The molecule has 2 aromatic heterocycles. The van der Waals surface area contributed by atoms with Crippen LogP contribution in [0.5, 0.6) is 0 Å². The standard InChI is InChI=1S/C12H14N4S/c1-4-12(2,3)11-15-9(14)8-7(5-13)6-17-10(8)16-11/h6H,4H2,1-3H3,(H2,14,15,16). The van der Waals surface area contributed by atoms with Gasteiger partial charge >= 0.3 is 0 Å². The molecule has 0 atom stereocenters. The number of hydrogen-bond acceptors (Lipinski definition) is 5. The molecule has 0 unspecified atom stereocenters. The number of nitrogens with two attached hydrogens (primary N) is 1. The van der Waals surface area contributed by atoms with Crippen molar-refractivity contribution < 1.29 is 0 Å². The van der Waals surface area contributed by atoms with E-state index in [1.165, 1.54) is 11.3 Å². The van der Waals surface area contributed by atoms with Crippen LogP contribution in [-0.4, -0.2) is 9.97 Å². The van der Waals surface area contributed by atoms with Crippen LogP contribution in [0.15, 0.2) is 5.38 Å². The molecule has 0 spiro atoms. The topological polar surface area (TPSA) is 75.6 Å². The molecular formula is C12H14N4S. The number of nitriles is 1. The van der Waals surface area contributed by atoms with Crippen molar-refractivity contribution in [1.82, 2.24) is 9.97 Å². The van der Waals surface area contributed by atoms with Gasteiger partial charge in [0, 0.05) is 10.8 Å². The van der Waals surface area contributed by atoms with Crippen molar-refractivity contribution in [1.29, 1.82) is 5.26 Å². The molecule has 2 rings (SSSR count). The second-order valence-corrected chi connectivity index (χ2v) is 5.47. The van der Waals surface area contributed by atoms with Crippen molar-refractivity contribution in [3.63, 3.8) is 0 Å². The summed E-state index contributed by atoms with van der Waals surface area (Å²) in [6.07, 6.45) is 0.939. The minimum Gasteiger partial charge on any atom is -0.383 e. The zero-order chi connectivity index (χ0) is 12.6. The lowest BCUT2D eigenvalue weighted by Gasteiger charge is -2.20. The maximum atomic E-state index is 8.97. The molecule has 0 saturated carbocycles. The molecule has 2 N–H and O–H groups in total. The number of aromatic nitrogens is 2. The maximum Gasteiger partial charge on any atom is 0.138 e. The number of rotatable bonds is 2. The molecule has 17 heavy (non-hydrogen) atoms. The van der Waals surface area contributed by atoms with Gasteiger partial charge < -0.3 is 5.73 Å². The van der Waals surface area contributed by atoms with Gasteiger partial charge in [0.1, 0.15) is 22.5 Å². The molecule has 4 nitrogen and oxygen atoms in total.